The minimum atomic E-state index is -0.510. The molecule has 1 heterocycles. The Morgan fingerprint density at radius 1 is 1.15 bits per heavy atom. The zero-order chi connectivity index (χ0) is 19.0. The fourth-order valence-electron chi connectivity index (χ4n) is 4.31. The van der Waals surface area contributed by atoms with E-state index < -0.39 is 5.91 Å². The number of fused-ring (bicyclic) bond motifs is 1. The zero-order valence-electron chi connectivity index (χ0n) is 14.9. The Bertz CT molecular complexity index is 897. The van der Waals surface area contributed by atoms with Crippen LogP contribution in [0.3, 0.4) is 0 Å². The predicted octanol–water partition coefficient (Wildman–Crippen LogP) is 3.37. The molecule has 2 N–H and O–H groups in total. The van der Waals surface area contributed by atoms with E-state index in [4.69, 9.17) is 16.8 Å². The van der Waals surface area contributed by atoms with E-state index in [1.807, 2.05) is 41.3 Å². The molecule has 2 aliphatic rings. The van der Waals surface area contributed by atoms with Gasteiger partial charge < -0.3 is 4.90 Å². The van der Waals surface area contributed by atoms with Crippen LogP contribution < -0.4 is 5.48 Å². The summed E-state index contributed by atoms with van der Waals surface area (Å²) in [4.78, 5) is 26.7. The van der Waals surface area contributed by atoms with Crippen LogP contribution in [0, 0.1) is 5.41 Å². The second-order valence-corrected chi connectivity index (χ2v) is 7.92. The average molecular weight is 385 g/mol. The Morgan fingerprint density at radius 3 is 2.67 bits per heavy atom. The monoisotopic (exact) mass is 384 g/mol. The van der Waals surface area contributed by atoms with Crippen molar-refractivity contribution in [2.24, 2.45) is 5.41 Å². The molecule has 0 aromatic heterocycles. The number of hydroxylamine groups is 1. The van der Waals surface area contributed by atoms with Gasteiger partial charge in [0.05, 0.1) is 5.41 Å². The number of hydrogen-bond acceptors (Lipinski definition) is 3. The van der Waals surface area contributed by atoms with Crippen LogP contribution in [0.25, 0.3) is 0 Å². The van der Waals surface area contributed by atoms with Gasteiger partial charge in [0.15, 0.2) is 0 Å². The number of carbonyl (C=O) groups is 2. The molecule has 1 saturated heterocycles. The van der Waals surface area contributed by atoms with Gasteiger partial charge in [0.2, 0.25) is 5.91 Å². The van der Waals surface area contributed by atoms with E-state index in [2.05, 4.69) is 0 Å². The Hall–Kier alpha value is -2.37. The van der Waals surface area contributed by atoms with Gasteiger partial charge in [-0.25, -0.2) is 5.48 Å². The van der Waals surface area contributed by atoms with Crippen LogP contribution in [0.15, 0.2) is 42.5 Å². The SMILES string of the molecule is O=C(NO)c1ccc2c(c1)CC[C@]1(CCN(Cc3ccc(Cl)cc3)C1=O)C2. The molecule has 1 spiro atoms. The molecule has 4 rings (SSSR count). The first kappa shape index (κ1) is 18.0. The van der Waals surface area contributed by atoms with Gasteiger partial charge >= 0.3 is 0 Å². The summed E-state index contributed by atoms with van der Waals surface area (Å²) >= 11 is 5.94. The highest BCUT2D eigenvalue weighted by Crippen LogP contribution is 2.44. The Labute approximate surface area is 162 Å². The number of amides is 2. The number of benzene rings is 2. The van der Waals surface area contributed by atoms with Crippen LogP contribution in [-0.4, -0.2) is 28.5 Å². The summed E-state index contributed by atoms with van der Waals surface area (Å²) in [7, 11) is 0. The summed E-state index contributed by atoms with van der Waals surface area (Å²) in [6.07, 6.45) is 3.12. The summed E-state index contributed by atoms with van der Waals surface area (Å²) in [6, 6.07) is 13.1. The standard InChI is InChI=1S/C21H21ClN2O3/c22-18-5-1-14(2-6-18)13-24-10-9-21(20(24)26)8-7-15-11-16(19(25)23-27)3-4-17(15)12-21/h1-6,11,27H,7-10,12-13H2,(H,23,25)/t21-/m0/s1. The number of likely N-dealkylation sites (tertiary alicyclic amines) is 1. The van der Waals surface area contributed by atoms with E-state index in [0.717, 1.165) is 42.5 Å². The van der Waals surface area contributed by atoms with Crippen LogP contribution in [-0.2, 0) is 24.2 Å². The van der Waals surface area contributed by atoms with Crippen LogP contribution in [0.4, 0.5) is 0 Å². The lowest BCUT2D eigenvalue weighted by molar-refractivity contribution is -0.137. The molecule has 5 nitrogen and oxygen atoms in total. The number of nitrogens with zero attached hydrogens (tertiary/aromatic N) is 1. The molecule has 2 amide bonds. The van der Waals surface area contributed by atoms with Crippen LogP contribution in [0.1, 0.15) is 39.9 Å². The maximum absolute atomic E-state index is 13.2. The van der Waals surface area contributed by atoms with Crippen molar-refractivity contribution >= 4 is 23.4 Å². The molecular weight excluding hydrogens is 364 g/mol. The first-order valence-corrected chi connectivity index (χ1v) is 9.49. The molecule has 140 valence electrons. The number of carbonyl (C=O) groups excluding carboxylic acids is 2. The highest BCUT2D eigenvalue weighted by molar-refractivity contribution is 6.30. The molecule has 0 bridgehead atoms. The fourth-order valence-corrected chi connectivity index (χ4v) is 4.44. The van der Waals surface area contributed by atoms with E-state index in [-0.39, 0.29) is 11.3 Å². The van der Waals surface area contributed by atoms with E-state index in [1.54, 1.807) is 11.5 Å². The van der Waals surface area contributed by atoms with Crippen LogP contribution in [0.2, 0.25) is 5.02 Å². The maximum atomic E-state index is 13.2. The second-order valence-electron chi connectivity index (χ2n) is 7.48. The lowest BCUT2D eigenvalue weighted by Gasteiger charge is -2.33. The number of aryl methyl sites for hydroxylation is 1. The molecule has 2 aromatic rings. The van der Waals surface area contributed by atoms with Gasteiger partial charge in [0.25, 0.3) is 5.91 Å². The topological polar surface area (TPSA) is 69.6 Å². The van der Waals surface area contributed by atoms with Gasteiger partial charge in [-0.05, 0) is 66.6 Å². The van der Waals surface area contributed by atoms with Crippen molar-refractivity contribution in [3.63, 3.8) is 0 Å². The number of halogens is 1. The molecule has 0 radical (unpaired) electrons. The molecule has 0 saturated carbocycles. The summed E-state index contributed by atoms with van der Waals surface area (Å²) in [6.45, 7) is 1.38. The number of hydrogen-bond donors (Lipinski definition) is 2. The Balaban J connectivity index is 1.51. The normalized spacial score (nSPS) is 21.4. The van der Waals surface area contributed by atoms with E-state index in [0.29, 0.717) is 23.6 Å². The highest BCUT2D eigenvalue weighted by atomic mass is 35.5. The molecule has 1 atom stereocenters. The van der Waals surface area contributed by atoms with Crippen molar-refractivity contribution in [1.29, 1.82) is 0 Å². The van der Waals surface area contributed by atoms with Gasteiger partial charge in [-0.15, -0.1) is 0 Å². The highest BCUT2D eigenvalue weighted by Gasteiger charge is 2.47. The van der Waals surface area contributed by atoms with Gasteiger partial charge in [-0.3, -0.25) is 14.8 Å². The largest absolute Gasteiger partial charge is 0.338 e. The fraction of sp³-hybridized carbons (Fsp3) is 0.333. The smallest absolute Gasteiger partial charge is 0.274 e. The molecule has 1 aliphatic carbocycles. The lowest BCUT2D eigenvalue weighted by Crippen LogP contribution is -2.38. The molecule has 2 aromatic carbocycles. The van der Waals surface area contributed by atoms with Gasteiger partial charge in [-0.2, -0.15) is 0 Å². The lowest BCUT2D eigenvalue weighted by atomic mass is 9.70. The van der Waals surface area contributed by atoms with Gasteiger partial charge in [0, 0.05) is 23.7 Å². The molecule has 1 fully saturated rings. The first-order valence-electron chi connectivity index (χ1n) is 9.11. The number of rotatable bonds is 3. The first-order chi connectivity index (χ1) is 13.0. The predicted molar refractivity (Wildman–Crippen MR) is 102 cm³/mol. The third kappa shape index (κ3) is 3.33. The summed E-state index contributed by atoms with van der Waals surface area (Å²) in [5.41, 5.74) is 5.07. The molecule has 1 aliphatic heterocycles. The maximum Gasteiger partial charge on any atom is 0.274 e. The van der Waals surface area contributed by atoms with Crippen molar-refractivity contribution in [3.8, 4) is 0 Å². The van der Waals surface area contributed by atoms with Gasteiger partial charge in [0.1, 0.15) is 0 Å². The van der Waals surface area contributed by atoms with Crippen LogP contribution >= 0.6 is 11.6 Å². The van der Waals surface area contributed by atoms with Crippen LogP contribution in [0.5, 0.6) is 0 Å². The summed E-state index contributed by atoms with van der Waals surface area (Å²) < 4.78 is 0. The van der Waals surface area contributed by atoms with E-state index >= 15 is 0 Å². The molecular formula is C21H21ClN2O3. The second kappa shape index (κ2) is 6.98. The quantitative estimate of drug-likeness (QED) is 0.629. The van der Waals surface area contributed by atoms with Gasteiger partial charge in [-0.1, -0.05) is 29.8 Å². The number of nitrogens with one attached hydrogen (secondary N) is 1. The Morgan fingerprint density at radius 2 is 1.93 bits per heavy atom. The third-order valence-electron chi connectivity index (χ3n) is 5.86. The Kier molecular flexibility index (Phi) is 4.66. The van der Waals surface area contributed by atoms with E-state index in [9.17, 15) is 9.59 Å². The molecule has 27 heavy (non-hydrogen) atoms. The minimum absolute atomic E-state index is 0.222. The van der Waals surface area contributed by atoms with Crippen molar-refractivity contribution in [1.82, 2.24) is 10.4 Å². The van der Waals surface area contributed by atoms with Crippen molar-refractivity contribution < 1.29 is 14.8 Å². The summed E-state index contributed by atoms with van der Waals surface area (Å²) in [5.74, 6) is -0.288. The third-order valence-corrected chi connectivity index (χ3v) is 6.11. The van der Waals surface area contributed by atoms with Crippen molar-refractivity contribution in [3.05, 3.63) is 69.7 Å². The molecule has 6 heteroatoms. The minimum Gasteiger partial charge on any atom is -0.338 e. The zero-order valence-corrected chi connectivity index (χ0v) is 15.6. The van der Waals surface area contributed by atoms with Crippen molar-refractivity contribution in [2.75, 3.05) is 6.54 Å². The van der Waals surface area contributed by atoms with E-state index in [1.165, 1.54) is 0 Å². The molecule has 0 unspecified atom stereocenters. The van der Waals surface area contributed by atoms with Crippen molar-refractivity contribution in [2.45, 2.75) is 32.2 Å². The summed E-state index contributed by atoms with van der Waals surface area (Å²) in [5, 5.41) is 9.50. The average Bonchev–Trinajstić information content (AvgIpc) is 2.98.